The van der Waals surface area contributed by atoms with Crippen molar-refractivity contribution in [3.05, 3.63) is 34.8 Å². The van der Waals surface area contributed by atoms with Crippen molar-refractivity contribution < 1.29 is 9.53 Å². The van der Waals surface area contributed by atoms with E-state index in [0.29, 0.717) is 6.04 Å². The van der Waals surface area contributed by atoms with Gasteiger partial charge >= 0.3 is 0 Å². The second-order valence-corrected chi connectivity index (χ2v) is 8.75. The first-order valence-corrected chi connectivity index (χ1v) is 11.1. The number of ether oxygens (including phenoxy) is 1. The highest BCUT2D eigenvalue weighted by Gasteiger charge is 2.29. The Balaban J connectivity index is 1.45. The fraction of sp³-hybridized carbons (Fsp3) is 0.545. The van der Waals surface area contributed by atoms with E-state index in [4.69, 9.17) is 4.74 Å². The summed E-state index contributed by atoms with van der Waals surface area (Å²) in [7, 11) is 1.66. The number of para-hydroxylation sites is 1. The molecular weight excluding hydrogens is 370 g/mol. The van der Waals surface area contributed by atoms with Gasteiger partial charge in [-0.1, -0.05) is 18.6 Å². The Morgan fingerprint density at radius 2 is 1.82 bits per heavy atom. The predicted molar refractivity (Wildman–Crippen MR) is 113 cm³/mol. The van der Waals surface area contributed by atoms with Crippen LogP contribution in [-0.4, -0.2) is 60.0 Å². The summed E-state index contributed by atoms with van der Waals surface area (Å²) >= 11 is 1.48. The third-order valence-corrected chi connectivity index (χ3v) is 7.17. The highest BCUT2D eigenvalue weighted by atomic mass is 32.1. The molecule has 6 heteroatoms. The standard InChI is InChI=1S/C22H29N3O2S/c1-16-20(28-21(23-16)18-8-4-5-9-19(18)27-2)22(26)25-14-10-17(11-15-25)24-12-6-3-7-13-24/h4-5,8-9,17H,3,6-7,10-15H2,1-2H3. The van der Waals surface area contributed by atoms with Crippen molar-refractivity contribution in [2.45, 2.75) is 45.1 Å². The van der Waals surface area contributed by atoms with Gasteiger partial charge in [-0.25, -0.2) is 4.98 Å². The van der Waals surface area contributed by atoms with Gasteiger partial charge in [0.05, 0.1) is 18.4 Å². The second-order valence-electron chi connectivity index (χ2n) is 7.75. The molecule has 1 aromatic heterocycles. The Bertz CT molecular complexity index is 821. The molecule has 0 saturated carbocycles. The molecule has 0 radical (unpaired) electrons. The van der Waals surface area contributed by atoms with Crippen LogP contribution in [0.25, 0.3) is 10.6 Å². The maximum Gasteiger partial charge on any atom is 0.265 e. The minimum Gasteiger partial charge on any atom is -0.496 e. The molecule has 3 heterocycles. The zero-order valence-electron chi connectivity index (χ0n) is 16.8. The van der Waals surface area contributed by atoms with Gasteiger partial charge in [-0.2, -0.15) is 0 Å². The Hall–Kier alpha value is -1.92. The number of piperidine rings is 2. The van der Waals surface area contributed by atoms with Gasteiger partial charge in [0.15, 0.2) is 0 Å². The zero-order chi connectivity index (χ0) is 19.5. The van der Waals surface area contributed by atoms with Gasteiger partial charge in [-0.3, -0.25) is 4.79 Å². The van der Waals surface area contributed by atoms with Gasteiger partial charge in [0.1, 0.15) is 15.6 Å². The largest absolute Gasteiger partial charge is 0.496 e. The van der Waals surface area contributed by atoms with E-state index >= 15 is 0 Å². The predicted octanol–water partition coefficient (Wildman–Crippen LogP) is 4.22. The summed E-state index contributed by atoms with van der Waals surface area (Å²) in [6.07, 6.45) is 6.19. The van der Waals surface area contributed by atoms with Gasteiger partial charge in [0, 0.05) is 19.1 Å². The van der Waals surface area contributed by atoms with Gasteiger partial charge in [0.2, 0.25) is 0 Å². The summed E-state index contributed by atoms with van der Waals surface area (Å²) < 4.78 is 5.46. The van der Waals surface area contributed by atoms with Crippen molar-refractivity contribution in [2.75, 3.05) is 33.3 Å². The first-order valence-electron chi connectivity index (χ1n) is 10.3. The van der Waals surface area contributed by atoms with Gasteiger partial charge in [-0.05, 0) is 57.8 Å². The van der Waals surface area contributed by atoms with Gasteiger partial charge in [0.25, 0.3) is 5.91 Å². The molecule has 0 N–H and O–H groups in total. The third-order valence-electron chi connectivity index (χ3n) is 5.99. The lowest BCUT2D eigenvalue weighted by Crippen LogP contribution is -2.48. The van der Waals surface area contributed by atoms with Crippen LogP contribution in [0.2, 0.25) is 0 Å². The number of benzene rings is 1. The number of likely N-dealkylation sites (tertiary alicyclic amines) is 2. The molecule has 0 atom stereocenters. The minimum atomic E-state index is 0.133. The maximum absolute atomic E-state index is 13.2. The van der Waals surface area contributed by atoms with Crippen LogP contribution >= 0.6 is 11.3 Å². The molecule has 5 nitrogen and oxygen atoms in total. The number of methoxy groups -OCH3 is 1. The van der Waals surface area contributed by atoms with Crippen LogP contribution in [0.15, 0.2) is 24.3 Å². The van der Waals surface area contributed by atoms with Crippen LogP contribution in [-0.2, 0) is 0 Å². The average molecular weight is 400 g/mol. The number of nitrogens with zero attached hydrogens (tertiary/aromatic N) is 3. The van der Waals surface area contributed by atoms with Crippen molar-refractivity contribution in [3.8, 4) is 16.3 Å². The number of rotatable bonds is 4. The highest BCUT2D eigenvalue weighted by molar-refractivity contribution is 7.17. The molecule has 2 aromatic rings. The number of amides is 1. The molecule has 28 heavy (non-hydrogen) atoms. The molecular formula is C22H29N3O2S. The number of carbonyl (C=O) groups is 1. The van der Waals surface area contributed by atoms with E-state index in [2.05, 4.69) is 9.88 Å². The van der Waals surface area contributed by atoms with Gasteiger partial charge in [-0.15, -0.1) is 11.3 Å². The number of hydrogen-bond donors (Lipinski definition) is 0. The molecule has 0 bridgehead atoms. The molecule has 1 aromatic carbocycles. The van der Waals surface area contributed by atoms with E-state index in [0.717, 1.165) is 52.8 Å². The fourth-order valence-electron chi connectivity index (χ4n) is 4.39. The van der Waals surface area contributed by atoms with Crippen LogP contribution in [0, 0.1) is 6.92 Å². The van der Waals surface area contributed by atoms with Crippen LogP contribution in [0.3, 0.4) is 0 Å². The Kier molecular flexibility index (Phi) is 5.97. The first-order chi connectivity index (χ1) is 13.7. The summed E-state index contributed by atoms with van der Waals surface area (Å²) in [5.41, 5.74) is 1.76. The number of aryl methyl sites for hydroxylation is 1. The van der Waals surface area contributed by atoms with E-state index in [1.807, 2.05) is 36.1 Å². The number of hydrogen-bond acceptors (Lipinski definition) is 5. The Labute approximate surface area is 171 Å². The molecule has 2 aliphatic heterocycles. The van der Waals surface area contributed by atoms with Crippen LogP contribution < -0.4 is 4.74 Å². The molecule has 150 valence electrons. The number of aromatic nitrogens is 1. The summed E-state index contributed by atoms with van der Waals surface area (Å²) in [6.45, 7) is 6.09. The van der Waals surface area contributed by atoms with E-state index in [9.17, 15) is 4.79 Å². The van der Waals surface area contributed by atoms with Crippen LogP contribution in [0.1, 0.15) is 47.5 Å². The van der Waals surface area contributed by atoms with Crippen molar-refractivity contribution in [1.82, 2.24) is 14.8 Å². The summed E-state index contributed by atoms with van der Waals surface area (Å²) in [6, 6.07) is 8.49. The lowest BCUT2D eigenvalue weighted by Gasteiger charge is -2.40. The van der Waals surface area contributed by atoms with E-state index < -0.39 is 0 Å². The first kappa shape index (κ1) is 19.4. The normalized spacial score (nSPS) is 19.0. The Morgan fingerprint density at radius 3 is 2.54 bits per heavy atom. The molecule has 2 aliphatic rings. The summed E-state index contributed by atoms with van der Waals surface area (Å²) in [5, 5.41) is 0.849. The highest BCUT2D eigenvalue weighted by Crippen LogP contribution is 2.35. The fourth-order valence-corrected chi connectivity index (χ4v) is 5.46. The lowest BCUT2D eigenvalue weighted by molar-refractivity contribution is 0.0593. The van der Waals surface area contributed by atoms with Crippen molar-refractivity contribution >= 4 is 17.2 Å². The molecule has 2 fully saturated rings. The molecule has 1 amide bonds. The average Bonchev–Trinajstić information content (AvgIpc) is 3.15. The maximum atomic E-state index is 13.2. The molecule has 0 spiro atoms. The van der Waals surface area contributed by atoms with Crippen LogP contribution in [0.5, 0.6) is 5.75 Å². The van der Waals surface area contributed by atoms with E-state index in [1.54, 1.807) is 7.11 Å². The summed E-state index contributed by atoms with van der Waals surface area (Å²) in [5.74, 6) is 0.922. The monoisotopic (exact) mass is 399 g/mol. The molecule has 4 rings (SSSR count). The molecule has 0 unspecified atom stereocenters. The quantitative estimate of drug-likeness (QED) is 0.772. The topological polar surface area (TPSA) is 45.7 Å². The van der Waals surface area contributed by atoms with Crippen molar-refractivity contribution in [2.24, 2.45) is 0 Å². The minimum absolute atomic E-state index is 0.133. The van der Waals surface area contributed by atoms with E-state index in [-0.39, 0.29) is 5.91 Å². The zero-order valence-corrected chi connectivity index (χ0v) is 17.6. The summed E-state index contributed by atoms with van der Waals surface area (Å²) in [4.78, 5) is 23.3. The third kappa shape index (κ3) is 3.94. The smallest absolute Gasteiger partial charge is 0.265 e. The number of carbonyl (C=O) groups excluding carboxylic acids is 1. The lowest BCUT2D eigenvalue weighted by atomic mass is 10.00. The number of thiazole rings is 1. The molecule has 2 saturated heterocycles. The SMILES string of the molecule is COc1ccccc1-c1nc(C)c(C(=O)N2CCC(N3CCCCC3)CC2)s1. The van der Waals surface area contributed by atoms with Crippen molar-refractivity contribution in [3.63, 3.8) is 0 Å². The second kappa shape index (κ2) is 8.62. The molecule has 0 aliphatic carbocycles. The Morgan fingerprint density at radius 1 is 1.11 bits per heavy atom. The van der Waals surface area contributed by atoms with Gasteiger partial charge < -0.3 is 14.5 Å². The van der Waals surface area contributed by atoms with Crippen LogP contribution in [0.4, 0.5) is 0 Å². The van der Waals surface area contributed by atoms with Crippen molar-refractivity contribution in [1.29, 1.82) is 0 Å². The van der Waals surface area contributed by atoms with E-state index in [1.165, 1.54) is 43.7 Å².